The molecule has 94 valence electrons. The average molecular weight is 256 g/mol. The molecule has 0 aromatic carbocycles. The molecule has 1 atom stereocenters. The van der Waals surface area contributed by atoms with Gasteiger partial charge in [0.15, 0.2) is 0 Å². The molecular formula is C12H18ClN3O. The highest BCUT2D eigenvalue weighted by molar-refractivity contribution is 6.29. The molecule has 5 heteroatoms. The molecule has 4 nitrogen and oxygen atoms in total. The molecule has 0 radical (unpaired) electrons. The van der Waals surface area contributed by atoms with Crippen LogP contribution in [0, 0.1) is 0 Å². The summed E-state index contributed by atoms with van der Waals surface area (Å²) < 4.78 is 5.85. The molecule has 1 saturated heterocycles. The minimum atomic E-state index is -0.184. The van der Waals surface area contributed by atoms with Crippen molar-refractivity contribution in [3.05, 3.63) is 17.3 Å². The van der Waals surface area contributed by atoms with Crippen molar-refractivity contribution in [1.29, 1.82) is 0 Å². The van der Waals surface area contributed by atoms with E-state index in [-0.39, 0.29) is 11.7 Å². The monoisotopic (exact) mass is 255 g/mol. The lowest BCUT2D eigenvalue weighted by atomic mass is 10.1. The summed E-state index contributed by atoms with van der Waals surface area (Å²) in [6, 6.07) is 3.50. The van der Waals surface area contributed by atoms with Crippen LogP contribution in [0.15, 0.2) is 12.1 Å². The average Bonchev–Trinajstić information content (AvgIpc) is 2.12. The number of aromatic nitrogens is 1. The Bertz CT molecular complexity index is 402. The normalized spacial score (nSPS) is 23.8. The summed E-state index contributed by atoms with van der Waals surface area (Å²) >= 11 is 5.93. The Labute approximate surface area is 107 Å². The molecule has 2 heterocycles. The number of morpholine rings is 1. The second kappa shape index (κ2) is 4.35. The van der Waals surface area contributed by atoms with E-state index in [1.165, 1.54) is 0 Å². The second-order valence-electron chi connectivity index (χ2n) is 5.15. The fourth-order valence-corrected chi connectivity index (χ4v) is 2.51. The van der Waals surface area contributed by atoms with Crippen LogP contribution in [0.3, 0.4) is 0 Å². The summed E-state index contributed by atoms with van der Waals surface area (Å²) in [6.07, 6.45) is 0.167. The molecule has 1 aromatic rings. The smallest absolute Gasteiger partial charge is 0.133 e. The Kier molecular flexibility index (Phi) is 3.19. The Morgan fingerprint density at radius 2 is 2.24 bits per heavy atom. The summed E-state index contributed by atoms with van der Waals surface area (Å²) in [5, 5.41) is 0.428. The molecule has 0 spiro atoms. The maximum atomic E-state index is 5.93. The Morgan fingerprint density at radius 1 is 1.53 bits per heavy atom. The van der Waals surface area contributed by atoms with Gasteiger partial charge < -0.3 is 15.4 Å². The molecule has 0 aliphatic carbocycles. The number of anilines is 2. The molecule has 1 aromatic heterocycles. The van der Waals surface area contributed by atoms with Gasteiger partial charge in [-0.05, 0) is 26.8 Å². The molecule has 1 aliphatic rings. The summed E-state index contributed by atoms with van der Waals surface area (Å²) in [5.41, 5.74) is 6.24. The summed E-state index contributed by atoms with van der Waals surface area (Å²) in [5.74, 6) is 0.818. The molecule has 2 N–H and O–H groups in total. The van der Waals surface area contributed by atoms with Crippen molar-refractivity contribution < 1.29 is 4.74 Å². The SMILES string of the molecule is CC1CN(c2cc(N)cc(Cl)n2)CC(C)(C)O1. The maximum absolute atomic E-state index is 5.93. The van der Waals surface area contributed by atoms with E-state index in [4.69, 9.17) is 22.1 Å². The van der Waals surface area contributed by atoms with Crippen molar-refractivity contribution in [2.24, 2.45) is 0 Å². The van der Waals surface area contributed by atoms with Crippen molar-refractivity contribution in [2.75, 3.05) is 23.7 Å². The van der Waals surface area contributed by atoms with E-state index in [9.17, 15) is 0 Å². The highest BCUT2D eigenvalue weighted by Crippen LogP contribution is 2.27. The lowest BCUT2D eigenvalue weighted by molar-refractivity contribution is -0.0751. The first-order valence-electron chi connectivity index (χ1n) is 5.71. The van der Waals surface area contributed by atoms with Crippen LogP contribution in [0.4, 0.5) is 11.5 Å². The van der Waals surface area contributed by atoms with Crippen molar-refractivity contribution in [3.8, 4) is 0 Å². The standard InChI is InChI=1S/C12H18ClN3O/c1-8-6-16(7-12(2,3)17-8)11-5-9(14)4-10(13)15-11/h4-5,8H,6-7H2,1-3H3,(H2,14,15). The van der Waals surface area contributed by atoms with Gasteiger partial charge in [-0.3, -0.25) is 0 Å². The van der Waals surface area contributed by atoms with Gasteiger partial charge in [-0.2, -0.15) is 0 Å². The van der Waals surface area contributed by atoms with E-state index in [2.05, 4.69) is 30.7 Å². The number of rotatable bonds is 1. The van der Waals surface area contributed by atoms with Crippen LogP contribution in [-0.4, -0.2) is 29.8 Å². The Balaban J connectivity index is 2.26. The number of nitrogen functional groups attached to an aromatic ring is 1. The third kappa shape index (κ3) is 3.01. The topological polar surface area (TPSA) is 51.4 Å². The second-order valence-corrected chi connectivity index (χ2v) is 5.54. The van der Waals surface area contributed by atoms with E-state index in [1.54, 1.807) is 6.07 Å². The van der Waals surface area contributed by atoms with E-state index in [0.29, 0.717) is 10.8 Å². The van der Waals surface area contributed by atoms with Gasteiger partial charge in [0, 0.05) is 24.8 Å². The van der Waals surface area contributed by atoms with E-state index in [0.717, 1.165) is 18.9 Å². The van der Waals surface area contributed by atoms with E-state index < -0.39 is 0 Å². The molecule has 0 saturated carbocycles. The lowest BCUT2D eigenvalue weighted by Crippen LogP contribution is -2.52. The van der Waals surface area contributed by atoms with Crippen LogP contribution < -0.4 is 10.6 Å². The first-order valence-corrected chi connectivity index (χ1v) is 6.09. The molecule has 2 rings (SSSR count). The van der Waals surface area contributed by atoms with Gasteiger partial charge in [-0.1, -0.05) is 11.6 Å². The largest absolute Gasteiger partial charge is 0.399 e. The predicted molar refractivity (Wildman–Crippen MR) is 70.5 cm³/mol. The van der Waals surface area contributed by atoms with Crippen molar-refractivity contribution >= 4 is 23.1 Å². The zero-order valence-electron chi connectivity index (χ0n) is 10.4. The minimum Gasteiger partial charge on any atom is -0.399 e. The number of hydrogen-bond acceptors (Lipinski definition) is 4. The van der Waals surface area contributed by atoms with Gasteiger partial charge in [0.1, 0.15) is 11.0 Å². The van der Waals surface area contributed by atoms with Crippen LogP contribution >= 0.6 is 11.6 Å². The highest BCUT2D eigenvalue weighted by Gasteiger charge is 2.32. The zero-order valence-corrected chi connectivity index (χ0v) is 11.2. The fourth-order valence-electron chi connectivity index (χ4n) is 2.29. The van der Waals surface area contributed by atoms with Gasteiger partial charge in [0.25, 0.3) is 0 Å². The van der Waals surface area contributed by atoms with Gasteiger partial charge in [0.05, 0.1) is 11.7 Å². The third-order valence-corrected chi connectivity index (χ3v) is 2.89. The van der Waals surface area contributed by atoms with E-state index >= 15 is 0 Å². The van der Waals surface area contributed by atoms with Crippen LogP contribution in [0.25, 0.3) is 0 Å². The molecule has 0 amide bonds. The fraction of sp³-hybridized carbons (Fsp3) is 0.583. The minimum absolute atomic E-state index is 0.167. The number of ether oxygens (including phenoxy) is 1. The van der Waals surface area contributed by atoms with Gasteiger partial charge in [-0.25, -0.2) is 4.98 Å². The summed E-state index contributed by atoms with van der Waals surface area (Å²) in [7, 11) is 0. The van der Waals surface area contributed by atoms with Crippen LogP contribution in [0.1, 0.15) is 20.8 Å². The molecule has 1 unspecified atom stereocenters. The van der Waals surface area contributed by atoms with Crippen molar-refractivity contribution in [1.82, 2.24) is 4.98 Å². The first-order chi connectivity index (χ1) is 7.85. The molecule has 1 fully saturated rings. The van der Waals surface area contributed by atoms with Gasteiger partial charge >= 0.3 is 0 Å². The molecule has 0 bridgehead atoms. The summed E-state index contributed by atoms with van der Waals surface area (Å²) in [6.45, 7) is 7.79. The number of halogens is 1. The van der Waals surface area contributed by atoms with E-state index in [1.807, 2.05) is 6.07 Å². The zero-order chi connectivity index (χ0) is 12.6. The van der Waals surface area contributed by atoms with Crippen molar-refractivity contribution in [3.63, 3.8) is 0 Å². The van der Waals surface area contributed by atoms with Crippen LogP contribution in [-0.2, 0) is 4.74 Å². The number of hydrogen-bond donors (Lipinski definition) is 1. The predicted octanol–water partition coefficient (Wildman–Crippen LogP) is 2.32. The van der Waals surface area contributed by atoms with Gasteiger partial charge in [-0.15, -0.1) is 0 Å². The highest BCUT2D eigenvalue weighted by atomic mass is 35.5. The lowest BCUT2D eigenvalue weighted by Gasteiger charge is -2.42. The molecular weight excluding hydrogens is 238 g/mol. The maximum Gasteiger partial charge on any atom is 0.133 e. The first kappa shape index (κ1) is 12.5. The van der Waals surface area contributed by atoms with Crippen molar-refractivity contribution in [2.45, 2.75) is 32.5 Å². The molecule has 17 heavy (non-hydrogen) atoms. The number of nitrogens with zero attached hydrogens (tertiary/aromatic N) is 2. The molecule has 1 aliphatic heterocycles. The third-order valence-electron chi connectivity index (χ3n) is 2.70. The quantitative estimate of drug-likeness (QED) is 0.783. The Morgan fingerprint density at radius 3 is 2.82 bits per heavy atom. The van der Waals surface area contributed by atoms with Crippen LogP contribution in [0.5, 0.6) is 0 Å². The Hall–Kier alpha value is -1.00. The summed E-state index contributed by atoms with van der Waals surface area (Å²) in [4.78, 5) is 6.48. The van der Waals surface area contributed by atoms with Gasteiger partial charge in [0.2, 0.25) is 0 Å². The van der Waals surface area contributed by atoms with Crippen LogP contribution in [0.2, 0.25) is 5.15 Å². The number of nitrogens with two attached hydrogens (primary N) is 1. The number of pyridine rings is 1.